The molecule has 0 unspecified atom stereocenters. The van der Waals surface area contributed by atoms with Gasteiger partial charge in [-0.05, 0) is 12.8 Å². The largest absolute Gasteiger partial charge is 0.329 e. The highest BCUT2D eigenvalue weighted by Crippen LogP contribution is 2.14. The Kier molecular flexibility index (Phi) is 6.35. The van der Waals surface area contributed by atoms with E-state index in [4.69, 9.17) is 5.73 Å². The molecule has 0 aliphatic heterocycles. The average Bonchev–Trinajstić information content (AvgIpc) is 2.18. The Balaban J connectivity index is 4.95. The summed E-state index contributed by atoms with van der Waals surface area (Å²) in [5.74, 6) is 0. The second-order valence-corrected chi connectivity index (χ2v) is 5.75. The molecule has 0 heterocycles. The fourth-order valence-electron chi connectivity index (χ4n) is 1.52. The lowest BCUT2D eigenvalue weighted by atomic mass is 10.2. The highest BCUT2D eigenvalue weighted by molar-refractivity contribution is 7.86. The number of rotatable bonds is 7. The molecule has 0 aromatic heterocycles. The summed E-state index contributed by atoms with van der Waals surface area (Å²) in [6.45, 7) is 4.71. The third-order valence-corrected chi connectivity index (χ3v) is 4.45. The third kappa shape index (κ3) is 3.71. The fraction of sp³-hybridized carbons (Fsp3) is 1.00. The van der Waals surface area contributed by atoms with Crippen molar-refractivity contribution >= 4 is 10.2 Å². The maximum Gasteiger partial charge on any atom is 0.281 e. The van der Waals surface area contributed by atoms with Crippen LogP contribution in [0.4, 0.5) is 0 Å². The standard InChI is InChI=1S/C9H23N3O2S/c1-5-9(6-2)12(8-7-10)15(13,14)11(3)4/h9H,5-8,10H2,1-4H3. The van der Waals surface area contributed by atoms with Crippen LogP contribution in [0.3, 0.4) is 0 Å². The van der Waals surface area contributed by atoms with Crippen LogP contribution >= 0.6 is 0 Å². The number of nitrogens with two attached hydrogens (primary N) is 1. The molecule has 2 N–H and O–H groups in total. The van der Waals surface area contributed by atoms with Crippen molar-refractivity contribution in [1.29, 1.82) is 0 Å². The molecule has 0 fully saturated rings. The van der Waals surface area contributed by atoms with Crippen LogP contribution in [0.1, 0.15) is 26.7 Å². The maximum absolute atomic E-state index is 12.0. The van der Waals surface area contributed by atoms with Crippen LogP contribution in [0.25, 0.3) is 0 Å². The highest BCUT2D eigenvalue weighted by Gasteiger charge is 2.28. The number of nitrogens with zero attached hydrogens (tertiary/aromatic N) is 2. The van der Waals surface area contributed by atoms with Gasteiger partial charge in [-0.25, -0.2) is 0 Å². The summed E-state index contributed by atoms with van der Waals surface area (Å²) in [6.07, 6.45) is 1.62. The van der Waals surface area contributed by atoms with Crippen LogP contribution in [-0.2, 0) is 10.2 Å². The third-order valence-electron chi connectivity index (χ3n) is 2.46. The summed E-state index contributed by atoms with van der Waals surface area (Å²) in [4.78, 5) is 0. The van der Waals surface area contributed by atoms with E-state index in [1.54, 1.807) is 14.1 Å². The first kappa shape index (κ1) is 14.8. The van der Waals surface area contributed by atoms with Gasteiger partial charge in [0.2, 0.25) is 0 Å². The first-order chi connectivity index (χ1) is 6.91. The minimum Gasteiger partial charge on any atom is -0.329 e. The van der Waals surface area contributed by atoms with Gasteiger partial charge in [-0.1, -0.05) is 13.8 Å². The molecule has 0 atom stereocenters. The molecule has 0 aromatic rings. The zero-order valence-electron chi connectivity index (χ0n) is 10.1. The molecule has 0 rings (SSSR count). The Morgan fingerprint density at radius 3 is 1.93 bits per heavy atom. The molecule has 5 nitrogen and oxygen atoms in total. The predicted octanol–water partition coefficient (Wildman–Crippen LogP) is 0.242. The van der Waals surface area contributed by atoms with Crippen molar-refractivity contribution in [2.24, 2.45) is 5.73 Å². The fourth-order valence-corrected chi connectivity index (χ4v) is 2.95. The first-order valence-corrected chi connectivity index (χ1v) is 6.70. The van der Waals surface area contributed by atoms with E-state index < -0.39 is 10.2 Å². The molecule has 0 aliphatic carbocycles. The van der Waals surface area contributed by atoms with Gasteiger partial charge in [-0.3, -0.25) is 0 Å². The van der Waals surface area contributed by atoms with E-state index in [9.17, 15) is 8.42 Å². The second-order valence-electron chi connectivity index (χ2n) is 3.66. The molecule has 0 radical (unpaired) electrons. The van der Waals surface area contributed by atoms with Crippen molar-refractivity contribution in [3.8, 4) is 0 Å². The first-order valence-electron chi connectivity index (χ1n) is 5.31. The lowest BCUT2D eigenvalue weighted by Crippen LogP contribution is -2.47. The molecule has 0 bridgehead atoms. The molecular weight excluding hydrogens is 214 g/mol. The zero-order valence-corrected chi connectivity index (χ0v) is 10.9. The molecule has 0 amide bonds. The summed E-state index contributed by atoms with van der Waals surface area (Å²) in [7, 11) is -0.252. The van der Waals surface area contributed by atoms with E-state index in [0.717, 1.165) is 12.8 Å². The lowest BCUT2D eigenvalue weighted by molar-refractivity contribution is 0.291. The Hall–Kier alpha value is -0.170. The van der Waals surface area contributed by atoms with Crippen LogP contribution in [0.5, 0.6) is 0 Å². The summed E-state index contributed by atoms with van der Waals surface area (Å²) in [6, 6.07) is 0.0425. The normalized spacial score (nSPS) is 13.1. The van der Waals surface area contributed by atoms with Gasteiger partial charge in [0.25, 0.3) is 10.2 Å². The molecular formula is C9H23N3O2S. The quantitative estimate of drug-likeness (QED) is 0.690. The van der Waals surface area contributed by atoms with Gasteiger partial charge in [0, 0.05) is 33.2 Å². The van der Waals surface area contributed by atoms with Crippen molar-refractivity contribution < 1.29 is 8.42 Å². The molecule has 6 heteroatoms. The zero-order chi connectivity index (χ0) is 12.1. The molecule has 15 heavy (non-hydrogen) atoms. The van der Waals surface area contributed by atoms with Gasteiger partial charge in [0.1, 0.15) is 0 Å². The minimum atomic E-state index is -3.34. The van der Waals surface area contributed by atoms with E-state index in [1.807, 2.05) is 13.8 Å². The molecule has 92 valence electrons. The van der Waals surface area contributed by atoms with E-state index >= 15 is 0 Å². The molecule has 0 saturated carbocycles. The van der Waals surface area contributed by atoms with Crippen molar-refractivity contribution in [1.82, 2.24) is 8.61 Å². The van der Waals surface area contributed by atoms with Gasteiger partial charge >= 0.3 is 0 Å². The van der Waals surface area contributed by atoms with Gasteiger partial charge in [0.05, 0.1) is 0 Å². The van der Waals surface area contributed by atoms with Crippen LogP contribution in [0, 0.1) is 0 Å². The Bertz CT molecular complexity index is 261. The van der Waals surface area contributed by atoms with Crippen LogP contribution in [-0.4, -0.2) is 50.3 Å². The average molecular weight is 237 g/mol. The predicted molar refractivity (Wildman–Crippen MR) is 62.7 cm³/mol. The smallest absolute Gasteiger partial charge is 0.281 e. The summed E-state index contributed by atoms with van der Waals surface area (Å²) < 4.78 is 26.7. The lowest BCUT2D eigenvalue weighted by Gasteiger charge is -2.31. The molecule has 0 spiro atoms. The maximum atomic E-state index is 12.0. The van der Waals surface area contributed by atoms with Gasteiger partial charge in [-0.15, -0.1) is 0 Å². The SMILES string of the molecule is CCC(CC)N(CCN)S(=O)(=O)N(C)C. The van der Waals surface area contributed by atoms with E-state index in [2.05, 4.69) is 0 Å². The van der Waals surface area contributed by atoms with Gasteiger partial charge in [-0.2, -0.15) is 17.0 Å². The van der Waals surface area contributed by atoms with Crippen LogP contribution in [0.2, 0.25) is 0 Å². The summed E-state index contributed by atoms with van der Waals surface area (Å²) in [5.41, 5.74) is 5.45. The minimum absolute atomic E-state index is 0.0425. The van der Waals surface area contributed by atoms with Gasteiger partial charge < -0.3 is 5.73 Å². The van der Waals surface area contributed by atoms with E-state index in [-0.39, 0.29) is 6.04 Å². The number of hydrogen-bond acceptors (Lipinski definition) is 3. The summed E-state index contributed by atoms with van der Waals surface area (Å²) >= 11 is 0. The van der Waals surface area contributed by atoms with E-state index in [0.29, 0.717) is 13.1 Å². The summed E-state index contributed by atoms with van der Waals surface area (Å²) in [5, 5.41) is 0. The molecule has 0 saturated heterocycles. The number of hydrogen-bond donors (Lipinski definition) is 1. The second kappa shape index (κ2) is 6.42. The van der Waals surface area contributed by atoms with Crippen LogP contribution < -0.4 is 5.73 Å². The Morgan fingerprint density at radius 2 is 1.67 bits per heavy atom. The molecule has 0 aliphatic rings. The van der Waals surface area contributed by atoms with Crippen molar-refractivity contribution in [3.05, 3.63) is 0 Å². The van der Waals surface area contributed by atoms with Crippen LogP contribution in [0.15, 0.2) is 0 Å². The van der Waals surface area contributed by atoms with Crippen molar-refractivity contribution in [2.75, 3.05) is 27.2 Å². The Morgan fingerprint density at radius 1 is 1.20 bits per heavy atom. The van der Waals surface area contributed by atoms with Crippen molar-refractivity contribution in [2.45, 2.75) is 32.7 Å². The Labute approximate surface area is 93.4 Å². The van der Waals surface area contributed by atoms with Gasteiger partial charge in [0.15, 0.2) is 0 Å². The van der Waals surface area contributed by atoms with Crippen molar-refractivity contribution in [3.63, 3.8) is 0 Å². The topological polar surface area (TPSA) is 66.6 Å². The molecule has 0 aromatic carbocycles. The monoisotopic (exact) mass is 237 g/mol. The highest BCUT2D eigenvalue weighted by atomic mass is 32.2. The van der Waals surface area contributed by atoms with E-state index in [1.165, 1.54) is 8.61 Å².